The van der Waals surface area contributed by atoms with Crippen LogP contribution in [0.25, 0.3) is 0 Å². The van der Waals surface area contributed by atoms with E-state index in [4.69, 9.17) is 5.73 Å². The molecule has 0 aliphatic heterocycles. The molecule has 0 saturated heterocycles. The maximum absolute atomic E-state index is 11.8. The minimum absolute atomic E-state index is 0.0567. The van der Waals surface area contributed by atoms with Crippen LogP contribution in [0.5, 0.6) is 0 Å². The highest BCUT2D eigenvalue weighted by atomic mass is 16.2. The van der Waals surface area contributed by atoms with Crippen LogP contribution in [-0.4, -0.2) is 23.9 Å². The zero-order valence-electron chi connectivity index (χ0n) is 9.92. The van der Waals surface area contributed by atoms with E-state index in [-0.39, 0.29) is 11.8 Å². The van der Waals surface area contributed by atoms with Gasteiger partial charge in [0, 0.05) is 24.4 Å². The van der Waals surface area contributed by atoms with Crippen molar-refractivity contribution in [3.05, 3.63) is 11.3 Å². The summed E-state index contributed by atoms with van der Waals surface area (Å²) in [5, 5.41) is 0. The van der Waals surface area contributed by atoms with Gasteiger partial charge in [-0.3, -0.25) is 4.79 Å². The fourth-order valence-corrected chi connectivity index (χ4v) is 1.30. The maximum atomic E-state index is 11.8. The summed E-state index contributed by atoms with van der Waals surface area (Å²) in [6.07, 6.45) is 0. The van der Waals surface area contributed by atoms with E-state index in [1.165, 1.54) is 0 Å². The smallest absolute Gasteiger partial charge is 0.251 e. The van der Waals surface area contributed by atoms with E-state index in [9.17, 15) is 4.79 Å². The molecule has 0 heterocycles. The molecule has 0 aliphatic carbocycles. The molecule has 14 heavy (non-hydrogen) atoms. The van der Waals surface area contributed by atoms with Crippen LogP contribution in [0.4, 0.5) is 0 Å². The van der Waals surface area contributed by atoms with Crippen molar-refractivity contribution in [1.82, 2.24) is 4.90 Å². The highest BCUT2D eigenvalue weighted by molar-refractivity contribution is 5.93. The summed E-state index contributed by atoms with van der Waals surface area (Å²) in [6.45, 7) is 11.2. The molecule has 0 fully saturated rings. The molecule has 0 bridgehead atoms. The van der Waals surface area contributed by atoms with Gasteiger partial charge in [0.1, 0.15) is 0 Å². The lowest BCUT2D eigenvalue weighted by atomic mass is 10.1. The molecule has 0 aliphatic rings. The topological polar surface area (TPSA) is 46.3 Å². The molecular weight excluding hydrogens is 176 g/mol. The number of hydrogen-bond donors (Lipinski definition) is 1. The van der Waals surface area contributed by atoms with Crippen molar-refractivity contribution < 1.29 is 4.79 Å². The molecule has 0 saturated carbocycles. The second kappa shape index (κ2) is 5.68. The highest BCUT2D eigenvalue weighted by Crippen LogP contribution is 2.11. The van der Waals surface area contributed by atoms with Gasteiger partial charge >= 0.3 is 0 Å². The van der Waals surface area contributed by atoms with Gasteiger partial charge in [-0.25, -0.2) is 0 Å². The molecule has 3 nitrogen and oxygen atoms in total. The third kappa shape index (κ3) is 3.05. The summed E-state index contributed by atoms with van der Waals surface area (Å²) in [5.74, 6) is 0.288. The maximum Gasteiger partial charge on any atom is 0.251 e. The Hall–Kier alpha value is -0.990. The third-order valence-electron chi connectivity index (χ3n) is 2.43. The normalized spacial score (nSPS) is 12.7. The lowest BCUT2D eigenvalue weighted by molar-refractivity contribution is -0.126. The van der Waals surface area contributed by atoms with Crippen LogP contribution in [0.3, 0.4) is 0 Å². The average Bonchev–Trinajstić information content (AvgIpc) is 2.17. The number of nitrogens with two attached hydrogens (primary N) is 1. The van der Waals surface area contributed by atoms with E-state index in [0.717, 1.165) is 13.1 Å². The van der Waals surface area contributed by atoms with Crippen molar-refractivity contribution in [1.29, 1.82) is 0 Å². The fraction of sp³-hybridized carbons (Fsp3) is 0.727. The minimum atomic E-state index is 0.0567. The lowest BCUT2D eigenvalue weighted by Crippen LogP contribution is -2.32. The number of hydrogen-bond acceptors (Lipinski definition) is 2. The van der Waals surface area contributed by atoms with E-state index < -0.39 is 0 Å². The first-order valence-corrected chi connectivity index (χ1v) is 5.21. The Morgan fingerprint density at radius 3 is 2.00 bits per heavy atom. The van der Waals surface area contributed by atoms with Crippen LogP contribution in [-0.2, 0) is 4.79 Å². The van der Waals surface area contributed by atoms with Crippen molar-refractivity contribution in [3.8, 4) is 0 Å². The minimum Gasteiger partial charge on any atom is -0.401 e. The number of rotatable bonds is 4. The second-order valence-corrected chi connectivity index (χ2v) is 3.71. The number of amides is 1. The van der Waals surface area contributed by atoms with Crippen molar-refractivity contribution in [2.45, 2.75) is 34.6 Å². The molecule has 0 unspecified atom stereocenters. The Kier molecular flexibility index (Phi) is 5.28. The van der Waals surface area contributed by atoms with Crippen molar-refractivity contribution in [2.75, 3.05) is 13.1 Å². The van der Waals surface area contributed by atoms with E-state index >= 15 is 0 Å². The van der Waals surface area contributed by atoms with Gasteiger partial charge in [0.05, 0.1) is 0 Å². The Morgan fingerprint density at radius 1 is 1.29 bits per heavy atom. The van der Waals surface area contributed by atoms with Crippen molar-refractivity contribution in [3.63, 3.8) is 0 Å². The van der Waals surface area contributed by atoms with E-state index in [2.05, 4.69) is 0 Å². The van der Waals surface area contributed by atoms with Gasteiger partial charge in [-0.2, -0.15) is 0 Å². The summed E-state index contributed by atoms with van der Waals surface area (Å²) < 4.78 is 0. The summed E-state index contributed by atoms with van der Waals surface area (Å²) in [7, 11) is 0. The van der Waals surface area contributed by atoms with Gasteiger partial charge < -0.3 is 10.6 Å². The van der Waals surface area contributed by atoms with E-state index in [1.807, 2.05) is 27.7 Å². The quantitative estimate of drug-likeness (QED) is 0.699. The molecule has 2 N–H and O–H groups in total. The van der Waals surface area contributed by atoms with Crippen LogP contribution in [0.1, 0.15) is 34.6 Å². The van der Waals surface area contributed by atoms with Crippen molar-refractivity contribution >= 4 is 5.91 Å². The third-order valence-corrected chi connectivity index (χ3v) is 2.43. The Bertz CT molecular complexity index is 227. The average molecular weight is 198 g/mol. The van der Waals surface area contributed by atoms with Gasteiger partial charge in [0.15, 0.2) is 0 Å². The summed E-state index contributed by atoms with van der Waals surface area (Å²) in [6, 6.07) is 0. The standard InChI is InChI=1S/C11H22N2O/c1-6-13(7-2)11(14)9(5)10(12)8(3)4/h8H,6-7,12H2,1-5H3. The molecule has 0 radical (unpaired) electrons. The number of carbonyl (C=O) groups excluding carboxylic acids is 1. The van der Waals surface area contributed by atoms with Gasteiger partial charge in [0.2, 0.25) is 0 Å². The molecule has 0 aromatic carbocycles. The summed E-state index contributed by atoms with van der Waals surface area (Å²) in [4.78, 5) is 13.6. The number of likely N-dealkylation sites (N-methyl/N-ethyl adjacent to an activating group) is 1. The van der Waals surface area contributed by atoms with Crippen LogP contribution in [0.15, 0.2) is 11.3 Å². The summed E-state index contributed by atoms with van der Waals surface area (Å²) in [5.41, 5.74) is 7.22. The second-order valence-electron chi connectivity index (χ2n) is 3.71. The first-order chi connectivity index (χ1) is 6.45. The van der Waals surface area contributed by atoms with Gasteiger partial charge in [0.25, 0.3) is 5.91 Å². The fourth-order valence-electron chi connectivity index (χ4n) is 1.30. The Morgan fingerprint density at radius 2 is 1.71 bits per heavy atom. The molecule has 82 valence electrons. The SMILES string of the molecule is CCN(CC)C(=O)C(C)=C(N)C(C)C. The summed E-state index contributed by atoms with van der Waals surface area (Å²) >= 11 is 0. The van der Waals surface area contributed by atoms with Crippen LogP contribution in [0, 0.1) is 5.92 Å². The predicted octanol–water partition coefficient (Wildman–Crippen LogP) is 1.74. The Balaban J connectivity index is 4.76. The zero-order valence-corrected chi connectivity index (χ0v) is 9.92. The van der Waals surface area contributed by atoms with Gasteiger partial charge in [-0.05, 0) is 26.7 Å². The number of carbonyl (C=O) groups is 1. The first-order valence-electron chi connectivity index (χ1n) is 5.21. The molecule has 0 spiro atoms. The zero-order chi connectivity index (χ0) is 11.3. The molecular formula is C11H22N2O. The van der Waals surface area contributed by atoms with E-state index in [1.54, 1.807) is 11.8 Å². The molecule has 3 heteroatoms. The molecule has 0 atom stereocenters. The lowest BCUT2D eigenvalue weighted by Gasteiger charge is -2.20. The monoisotopic (exact) mass is 198 g/mol. The van der Waals surface area contributed by atoms with Crippen LogP contribution >= 0.6 is 0 Å². The molecule has 0 rings (SSSR count). The van der Waals surface area contributed by atoms with Crippen LogP contribution < -0.4 is 5.73 Å². The number of allylic oxidation sites excluding steroid dienone is 1. The van der Waals surface area contributed by atoms with Gasteiger partial charge in [-0.1, -0.05) is 13.8 Å². The molecule has 1 amide bonds. The molecule has 0 aromatic heterocycles. The van der Waals surface area contributed by atoms with Gasteiger partial charge in [-0.15, -0.1) is 0 Å². The largest absolute Gasteiger partial charge is 0.401 e. The predicted molar refractivity (Wildman–Crippen MR) is 59.7 cm³/mol. The van der Waals surface area contributed by atoms with Crippen LogP contribution in [0.2, 0.25) is 0 Å². The van der Waals surface area contributed by atoms with Crippen molar-refractivity contribution in [2.24, 2.45) is 11.7 Å². The highest BCUT2D eigenvalue weighted by Gasteiger charge is 2.15. The van der Waals surface area contributed by atoms with E-state index in [0.29, 0.717) is 11.3 Å². The first kappa shape index (κ1) is 13.0. The number of nitrogens with zero attached hydrogens (tertiary/aromatic N) is 1. The Labute approximate surface area is 87.0 Å². The molecule has 0 aromatic rings.